The molecule has 0 amide bonds. The quantitative estimate of drug-likeness (QED) is 0.235. The molecule has 0 aromatic rings. The summed E-state index contributed by atoms with van der Waals surface area (Å²) >= 11 is 0. The van der Waals surface area contributed by atoms with Crippen LogP contribution >= 0.6 is 0 Å². The molecule has 0 saturated carbocycles. The summed E-state index contributed by atoms with van der Waals surface area (Å²) in [6.07, 6.45) is 0.195. The molecule has 0 aromatic heterocycles. The van der Waals surface area contributed by atoms with Gasteiger partial charge in [-0.15, -0.1) is 0 Å². The third-order valence-electron chi connectivity index (χ3n) is 6.77. The van der Waals surface area contributed by atoms with E-state index >= 15 is 0 Å². The molecule has 7 unspecified atom stereocenters. The number of carbonyl (C=O) groups excluding carboxylic acids is 3. The highest BCUT2D eigenvalue weighted by Crippen LogP contribution is 2.50. The maximum absolute atomic E-state index is 12.9. The Morgan fingerprint density at radius 2 is 1.93 bits per heavy atom. The van der Waals surface area contributed by atoms with Crippen LogP contribution in [-0.2, 0) is 33.3 Å². The second kappa shape index (κ2) is 6.55. The first-order valence-corrected chi connectivity index (χ1v) is 9.88. The highest BCUT2D eigenvalue weighted by molar-refractivity contribution is 5.91. The predicted molar refractivity (Wildman–Crippen MR) is 101 cm³/mol. The van der Waals surface area contributed by atoms with Crippen LogP contribution in [0.4, 0.5) is 0 Å². The van der Waals surface area contributed by atoms with Gasteiger partial charge in [0, 0.05) is 18.4 Å². The molecule has 2 saturated heterocycles. The van der Waals surface area contributed by atoms with E-state index in [1.807, 2.05) is 13.8 Å². The first-order chi connectivity index (χ1) is 13.6. The van der Waals surface area contributed by atoms with Gasteiger partial charge in [0.1, 0.15) is 6.10 Å². The summed E-state index contributed by atoms with van der Waals surface area (Å²) in [5.74, 6) is -2.31. The van der Waals surface area contributed by atoms with Gasteiger partial charge in [0.2, 0.25) is 0 Å². The van der Waals surface area contributed by atoms with Crippen molar-refractivity contribution >= 4 is 17.9 Å². The number of ether oxygens (including phenoxy) is 4. The maximum Gasteiger partial charge on any atom is 0.341 e. The molecule has 2 aliphatic heterocycles. The van der Waals surface area contributed by atoms with E-state index in [9.17, 15) is 14.4 Å². The molecule has 29 heavy (non-hydrogen) atoms. The Kier molecular flexibility index (Phi) is 4.49. The average Bonchev–Trinajstić information content (AvgIpc) is 2.97. The first-order valence-electron chi connectivity index (χ1n) is 9.88. The fraction of sp³-hybridized carbons (Fsp3) is 0.591. The van der Waals surface area contributed by atoms with Gasteiger partial charge in [-0.1, -0.05) is 23.8 Å². The number of epoxide rings is 1. The monoisotopic (exact) mass is 402 g/mol. The minimum atomic E-state index is -1.04. The summed E-state index contributed by atoms with van der Waals surface area (Å²) in [5.41, 5.74) is 2.13. The zero-order valence-electron chi connectivity index (χ0n) is 17.3. The van der Waals surface area contributed by atoms with Crippen molar-refractivity contribution in [1.29, 1.82) is 0 Å². The molecule has 0 spiro atoms. The zero-order valence-corrected chi connectivity index (χ0v) is 17.3. The fourth-order valence-corrected chi connectivity index (χ4v) is 4.81. The van der Waals surface area contributed by atoms with E-state index < -0.39 is 47.7 Å². The van der Waals surface area contributed by atoms with E-state index in [1.54, 1.807) is 13.8 Å². The molecule has 0 bridgehead atoms. The van der Waals surface area contributed by atoms with E-state index in [0.29, 0.717) is 6.42 Å². The molecule has 4 aliphatic rings. The predicted octanol–water partition coefficient (Wildman–Crippen LogP) is 2.40. The maximum atomic E-state index is 12.9. The van der Waals surface area contributed by atoms with E-state index in [2.05, 4.69) is 12.7 Å². The Morgan fingerprint density at radius 1 is 1.28 bits per heavy atom. The first kappa shape index (κ1) is 19.9. The Morgan fingerprint density at radius 3 is 2.52 bits per heavy atom. The zero-order chi connectivity index (χ0) is 21.2. The van der Waals surface area contributed by atoms with Crippen LogP contribution < -0.4 is 0 Å². The third-order valence-corrected chi connectivity index (χ3v) is 6.77. The number of esters is 3. The van der Waals surface area contributed by atoms with Crippen molar-refractivity contribution in [1.82, 2.24) is 0 Å². The van der Waals surface area contributed by atoms with E-state index in [0.717, 1.165) is 16.7 Å². The van der Waals surface area contributed by atoms with Crippen LogP contribution in [0.25, 0.3) is 0 Å². The second-order valence-electron chi connectivity index (χ2n) is 8.53. The van der Waals surface area contributed by atoms with Crippen LogP contribution in [-0.4, -0.2) is 47.9 Å². The molecule has 7 atom stereocenters. The summed E-state index contributed by atoms with van der Waals surface area (Å²) in [4.78, 5) is 37.2. The lowest BCUT2D eigenvalue weighted by Crippen LogP contribution is -2.46. The average molecular weight is 402 g/mol. The Hall–Kier alpha value is -2.41. The van der Waals surface area contributed by atoms with Crippen LogP contribution in [0, 0.1) is 11.8 Å². The number of hydrogen-bond acceptors (Lipinski definition) is 7. The van der Waals surface area contributed by atoms with Crippen LogP contribution in [0.2, 0.25) is 0 Å². The number of fused-ring (bicyclic) bond motifs is 3. The fourth-order valence-electron chi connectivity index (χ4n) is 4.81. The van der Waals surface area contributed by atoms with Crippen LogP contribution in [0.1, 0.15) is 41.0 Å². The van der Waals surface area contributed by atoms with Gasteiger partial charge in [-0.3, -0.25) is 4.79 Å². The molecular formula is C22H26O7. The minimum Gasteiger partial charge on any atom is -0.457 e. The van der Waals surface area contributed by atoms with Gasteiger partial charge in [-0.25, -0.2) is 9.59 Å². The van der Waals surface area contributed by atoms with E-state index in [1.165, 1.54) is 6.92 Å². The molecule has 2 heterocycles. The smallest absolute Gasteiger partial charge is 0.341 e. The van der Waals surface area contributed by atoms with Crippen molar-refractivity contribution < 1.29 is 33.3 Å². The topological polar surface area (TPSA) is 91.4 Å². The van der Waals surface area contributed by atoms with Gasteiger partial charge in [-0.05, 0) is 39.7 Å². The number of rotatable bonds is 3. The van der Waals surface area contributed by atoms with Gasteiger partial charge in [0.25, 0.3) is 0 Å². The van der Waals surface area contributed by atoms with Crippen molar-refractivity contribution in [2.45, 2.75) is 71.1 Å². The lowest BCUT2D eigenvalue weighted by Gasteiger charge is -2.32. The second-order valence-corrected chi connectivity index (χ2v) is 8.53. The van der Waals surface area contributed by atoms with Gasteiger partial charge in [0.05, 0.1) is 12.0 Å². The van der Waals surface area contributed by atoms with Crippen LogP contribution in [0.3, 0.4) is 0 Å². The van der Waals surface area contributed by atoms with E-state index in [-0.39, 0.29) is 17.6 Å². The Balaban J connectivity index is 1.80. The Labute approximate surface area is 169 Å². The number of hydrogen-bond donors (Lipinski definition) is 0. The standard InChI is InChI=1S/C22H26O7/c1-9-7-8-14-10(2)17(26-13(5)23)19(28-21(25)22(6)12(4)29-22)16-11(3)20(24)27-18(16)15(9)14/h7,12,15-19H,3,8H2,1-2,4-6H3. The molecule has 2 aliphatic carbocycles. The molecule has 4 rings (SSSR count). The summed E-state index contributed by atoms with van der Waals surface area (Å²) in [5, 5.41) is 0. The van der Waals surface area contributed by atoms with Gasteiger partial charge >= 0.3 is 17.9 Å². The van der Waals surface area contributed by atoms with Crippen molar-refractivity contribution in [3.63, 3.8) is 0 Å². The molecule has 0 N–H and O–H groups in total. The molecular weight excluding hydrogens is 376 g/mol. The molecule has 7 nitrogen and oxygen atoms in total. The summed E-state index contributed by atoms with van der Waals surface area (Å²) in [6, 6.07) is 0. The van der Waals surface area contributed by atoms with Gasteiger partial charge in [0.15, 0.2) is 17.8 Å². The van der Waals surface area contributed by atoms with Gasteiger partial charge in [-0.2, -0.15) is 0 Å². The molecule has 7 heteroatoms. The normalized spacial score (nSPS) is 40.5. The van der Waals surface area contributed by atoms with E-state index in [4.69, 9.17) is 18.9 Å². The highest BCUT2D eigenvalue weighted by atomic mass is 16.7. The number of allylic oxidation sites excluding steroid dienone is 1. The number of carbonyl (C=O) groups is 3. The minimum absolute atomic E-state index is 0.142. The molecule has 0 radical (unpaired) electrons. The van der Waals surface area contributed by atoms with Crippen molar-refractivity contribution in [3.05, 3.63) is 34.9 Å². The highest BCUT2D eigenvalue weighted by Gasteiger charge is 2.61. The summed E-state index contributed by atoms with van der Waals surface area (Å²) in [6.45, 7) is 12.5. The lowest BCUT2D eigenvalue weighted by molar-refractivity contribution is -0.172. The Bertz CT molecular complexity index is 882. The summed E-state index contributed by atoms with van der Waals surface area (Å²) < 4.78 is 22.7. The molecule has 2 fully saturated rings. The molecule has 0 aromatic carbocycles. The van der Waals surface area contributed by atoms with Crippen molar-refractivity contribution in [2.24, 2.45) is 11.8 Å². The lowest BCUT2D eigenvalue weighted by atomic mass is 9.82. The molecule has 156 valence electrons. The summed E-state index contributed by atoms with van der Waals surface area (Å²) in [7, 11) is 0. The third kappa shape index (κ3) is 2.94. The van der Waals surface area contributed by atoms with Crippen LogP contribution in [0.15, 0.2) is 34.9 Å². The SMILES string of the molecule is C=C1C(=O)OC2C3C(C)=CCC3=C(C)C(OC(C)=O)C(OC(=O)C3(C)OC3C)C12. The largest absolute Gasteiger partial charge is 0.457 e. The van der Waals surface area contributed by atoms with Crippen molar-refractivity contribution in [3.8, 4) is 0 Å². The van der Waals surface area contributed by atoms with Gasteiger partial charge < -0.3 is 18.9 Å². The van der Waals surface area contributed by atoms with Crippen molar-refractivity contribution in [2.75, 3.05) is 0 Å². The van der Waals surface area contributed by atoms with Crippen LogP contribution in [0.5, 0.6) is 0 Å².